The van der Waals surface area contributed by atoms with Crippen molar-refractivity contribution < 1.29 is 23.9 Å². The van der Waals surface area contributed by atoms with Crippen LogP contribution in [-0.4, -0.2) is 33.9 Å². The number of fused-ring (bicyclic) bond motifs is 1. The molecule has 7 nitrogen and oxygen atoms in total. The molecule has 0 spiro atoms. The molecule has 0 saturated carbocycles. The molecule has 4 rings (SSSR count). The molecule has 0 saturated heterocycles. The number of hydrogen-bond donors (Lipinski definition) is 1. The van der Waals surface area contributed by atoms with Crippen molar-refractivity contribution in [1.29, 1.82) is 0 Å². The summed E-state index contributed by atoms with van der Waals surface area (Å²) in [5.41, 5.74) is 3.02. The first-order valence-corrected chi connectivity index (χ1v) is 10.2. The molecule has 3 aromatic rings. The second-order valence-electron chi connectivity index (χ2n) is 6.74. The summed E-state index contributed by atoms with van der Waals surface area (Å²) in [4.78, 5) is 15.9. The number of carboxylic acid groups (broad SMARTS) is 1. The molecular weight excluding hydrogens is 392 g/mol. The zero-order valence-electron chi connectivity index (χ0n) is 16.0. The third-order valence-electron chi connectivity index (χ3n) is 4.48. The van der Waals surface area contributed by atoms with E-state index in [1.807, 2.05) is 42.8 Å². The van der Waals surface area contributed by atoms with Crippen LogP contribution < -0.4 is 9.47 Å². The van der Waals surface area contributed by atoms with E-state index in [4.69, 9.17) is 14.0 Å². The number of hydrogen-bond acceptors (Lipinski definition) is 7. The Morgan fingerprint density at radius 3 is 3.03 bits per heavy atom. The quantitative estimate of drug-likeness (QED) is 0.609. The van der Waals surface area contributed by atoms with Crippen molar-refractivity contribution in [3.05, 3.63) is 46.0 Å². The maximum atomic E-state index is 11.5. The maximum Gasteiger partial charge on any atom is 0.308 e. The molecule has 150 valence electrons. The van der Waals surface area contributed by atoms with E-state index in [2.05, 4.69) is 10.1 Å². The summed E-state index contributed by atoms with van der Waals surface area (Å²) in [6, 6.07) is 5.71. The lowest BCUT2D eigenvalue weighted by Gasteiger charge is -2.11. The van der Waals surface area contributed by atoms with Crippen LogP contribution in [0, 0.1) is 0 Å². The van der Waals surface area contributed by atoms with Crippen LogP contribution in [0.1, 0.15) is 37.3 Å². The van der Waals surface area contributed by atoms with E-state index in [1.165, 1.54) is 11.3 Å². The zero-order valence-corrected chi connectivity index (χ0v) is 16.9. The topological polar surface area (TPSA) is 94.7 Å². The van der Waals surface area contributed by atoms with Crippen LogP contribution in [0.4, 0.5) is 0 Å². The Balaban J connectivity index is 1.76. The van der Waals surface area contributed by atoms with Crippen LogP contribution in [0.15, 0.2) is 33.5 Å². The Morgan fingerprint density at radius 1 is 1.45 bits per heavy atom. The van der Waals surface area contributed by atoms with Crippen LogP contribution in [0.3, 0.4) is 0 Å². The summed E-state index contributed by atoms with van der Waals surface area (Å²) in [5.74, 6) is 1.06. The van der Waals surface area contributed by atoms with Gasteiger partial charge in [-0.15, -0.1) is 0 Å². The van der Waals surface area contributed by atoms with Gasteiger partial charge in [-0.25, -0.2) is 0 Å². The first-order valence-electron chi connectivity index (χ1n) is 9.29. The zero-order chi connectivity index (χ0) is 20.4. The molecule has 0 bridgehead atoms. The van der Waals surface area contributed by atoms with Gasteiger partial charge >= 0.3 is 5.97 Å². The summed E-state index contributed by atoms with van der Waals surface area (Å²) in [6.07, 6.45) is 2.37. The van der Waals surface area contributed by atoms with E-state index in [0.29, 0.717) is 29.3 Å². The van der Waals surface area contributed by atoms with E-state index < -0.39 is 5.97 Å². The number of nitrogens with zero attached hydrogens (tertiary/aromatic N) is 2. The lowest BCUT2D eigenvalue weighted by atomic mass is 10.0. The average Bonchev–Trinajstić information content (AvgIpc) is 3.41. The molecule has 1 aromatic carbocycles. The number of carboxylic acids is 1. The Bertz CT molecular complexity index is 1060. The summed E-state index contributed by atoms with van der Waals surface area (Å²) >= 11 is 1.52. The molecule has 0 aliphatic carbocycles. The van der Waals surface area contributed by atoms with Gasteiger partial charge in [0.25, 0.3) is 5.89 Å². The van der Waals surface area contributed by atoms with Gasteiger partial charge in [-0.05, 0) is 43.5 Å². The molecule has 1 atom stereocenters. The number of aliphatic carboxylic acids is 1. The minimum atomic E-state index is -0.990. The second-order valence-corrected chi connectivity index (χ2v) is 7.52. The fourth-order valence-corrected chi connectivity index (χ4v) is 3.88. The highest BCUT2D eigenvalue weighted by molar-refractivity contribution is 7.08. The number of ether oxygens (including phenoxy) is 2. The van der Waals surface area contributed by atoms with Crippen LogP contribution in [0.2, 0.25) is 0 Å². The van der Waals surface area contributed by atoms with Crippen molar-refractivity contribution >= 4 is 29.0 Å². The number of thiophene rings is 1. The molecule has 1 aliphatic rings. The highest BCUT2D eigenvalue weighted by atomic mass is 32.1. The molecule has 0 amide bonds. The van der Waals surface area contributed by atoms with Gasteiger partial charge in [-0.2, -0.15) is 16.3 Å². The van der Waals surface area contributed by atoms with E-state index in [0.717, 1.165) is 23.3 Å². The van der Waals surface area contributed by atoms with Crippen molar-refractivity contribution in [3.8, 4) is 22.9 Å². The Labute approximate surface area is 171 Å². The van der Waals surface area contributed by atoms with Crippen molar-refractivity contribution in [2.75, 3.05) is 6.61 Å². The third kappa shape index (κ3) is 4.17. The Hall–Kier alpha value is -3.13. The van der Waals surface area contributed by atoms with E-state index in [1.54, 1.807) is 6.08 Å². The molecular formula is C21H20N2O5S. The number of benzene rings is 1. The standard InChI is InChI=1S/C21H20N2O5S/c1-3-26-17-8-14-6-12(2)27-18(14)9-15(17)7-16(10-19(24)25)21-22-20(23-28-21)13-4-5-29-11-13/h4-5,7-9,11-12H,3,6,10H2,1-2H3,(H,24,25)/b16-7+/t12-/m1/s1. The summed E-state index contributed by atoms with van der Waals surface area (Å²) < 4.78 is 17.0. The summed E-state index contributed by atoms with van der Waals surface area (Å²) in [7, 11) is 0. The minimum absolute atomic E-state index is 0.0984. The van der Waals surface area contributed by atoms with Gasteiger partial charge in [0.2, 0.25) is 5.82 Å². The third-order valence-corrected chi connectivity index (χ3v) is 5.16. The first-order chi connectivity index (χ1) is 14.0. The van der Waals surface area contributed by atoms with Crippen LogP contribution in [0.5, 0.6) is 11.5 Å². The van der Waals surface area contributed by atoms with Gasteiger partial charge in [-0.3, -0.25) is 4.79 Å². The second kappa shape index (κ2) is 8.08. The van der Waals surface area contributed by atoms with Crippen LogP contribution >= 0.6 is 11.3 Å². The van der Waals surface area contributed by atoms with Gasteiger partial charge < -0.3 is 19.1 Å². The predicted molar refractivity (Wildman–Crippen MR) is 109 cm³/mol. The first kappa shape index (κ1) is 19.2. The molecule has 0 fully saturated rings. The fourth-order valence-electron chi connectivity index (χ4n) is 3.25. The molecule has 0 radical (unpaired) electrons. The van der Waals surface area contributed by atoms with Gasteiger partial charge in [0.15, 0.2) is 0 Å². The van der Waals surface area contributed by atoms with E-state index in [-0.39, 0.29) is 18.4 Å². The van der Waals surface area contributed by atoms with Crippen molar-refractivity contribution in [2.24, 2.45) is 0 Å². The molecule has 0 unspecified atom stereocenters. The van der Waals surface area contributed by atoms with Crippen molar-refractivity contribution in [1.82, 2.24) is 10.1 Å². The number of rotatable bonds is 7. The highest BCUT2D eigenvalue weighted by Crippen LogP contribution is 2.37. The maximum absolute atomic E-state index is 11.5. The van der Waals surface area contributed by atoms with Crippen LogP contribution in [-0.2, 0) is 11.2 Å². The molecule has 3 heterocycles. The van der Waals surface area contributed by atoms with E-state index >= 15 is 0 Å². The summed E-state index contributed by atoms with van der Waals surface area (Å²) in [6.45, 7) is 4.41. The Morgan fingerprint density at radius 2 is 2.31 bits per heavy atom. The summed E-state index contributed by atoms with van der Waals surface area (Å²) in [5, 5.41) is 17.2. The molecule has 29 heavy (non-hydrogen) atoms. The predicted octanol–water partition coefficient (Wildman–Crippen LogP) is 4.54. The van der Waals surface area contributed by atoms with E-state index in [9.17, 15) is 9.90 Å². The highest BCUT2D eigenvalue weighted by Gasteiger charge is 2.23. The number of carbonyl (C=O) groups is 1. The normalized spacial score (nSPS) is 15.8. The molecule has 8 heteroatoms. The Kier molecular flexibility index (Phi) is 5.35. The minimum Gasteiger partial charge on any atom is -0.493 e. The fraction of sp³-hybridized carbons (Fsp3) is 0.286. The lowest BCUT2D eigenvalue weighted by Crippen LogP contribution is -2.05. The lowest BCUT2D eigenvalue weighted by molar-refractivity contribution is -0.135. The monoisotopic (exact) mass is 412 g/mol. The smallest absolute Gasteiger partial charge is 0.308 e. The van der Waals surface area contributed by atoms with Gasteiger partial charge in [-0.1, -0.05) is 5.16 Å². The molecule has 2 aromatic heterocycles. The van der Waals surface area contributed by atoms with Crippen molar-refractivity contribution in [3.63, 3.8) is 0 Å². The molecule has 1 N–H and O–H groups in total. The van der Waals surface area contributed by atoms with Gasteiger partial charge in [0.05, 0.1) is 13.0 Å². The van der Waals surface area contributed by atoms with Gasteiger partial charge in [0.1, 0.15) is 17.6 Å². The van der Waals surface area contributed by atoms with Crippen molar-refractivity contribution in [2.45, 2.75) is 32.8 Å². The number of aromatic nitrogens is 2. The van der Waals surface area contributed by atoms with Crippen LogP contribution in [0.25, 0.3) is 23.0 Å². The largest absolute Gasteiger partial charge is 0.493 e. The average molecular weight is 412 g/mol. The SMILES string of the molecule is CCOc1cc2c(cc1/C=C(\CC(=O)O)c1nc(-c3ccsc3)no1)O[C@H](C)C2. The molecule has 1 aliphatic heterocycles. The van der Waals surface area contributed by atoms with Gasteiger partial charge in [0, 0.05) is 34.1 Å².